The molecule has 2 atom stereocenters. The predicted molar refractivity (Wildman–Crippen MR) is 75.8 cm³/mol. The second kappa shape index (κ2) is 7.14. The van der Waals surface area contributed by atoms with Gasteiger partial charge in [-0.15, -0.1) is 0 Å². The van der Waals surface area contributed by atoms with Crippen molar-refractivity contribution in [3.63, 3.8) is 0 Å². The van der Waals surface area contributed by atoms with Gasteiger partial charge in [0.2, 0.25) is 5.82 Å². The number of alkyl halides is 3. The number of aromatic nitrogens is 2. The second-order valence-electron chi connectivity index (χ2n) is 4.85. The Morgan fingerprint density at radius 2 is 1.72 bits per heavy atom. The highest BCUT2D eigenvalue weighted by Crippen LogP contribution is 2.31. The van der Waals surface area contributed by atoms with Gasteiger partial charge in [0.05, 0.1) is 0 Å². The molecule has 0 unspecified atom stereocenters. The Bertz CT molecular complexity index is 799. The van der Waals surface area contributed by atoms with Crippen LogP contribution in [0.5, 0.6) is 0 Å². The van der Waals surface area contributed by atoms with E-state index in [1.165, 1.54) is 12.1 Å². The number of rotatable bonds is 5. The average molecular weight is 355 g/mol. The van der Waals surface area contributed by atoms with Crippen LogP contribution in [0, 0.1) is 5.82 Å². The van der Waals surface area contributed by atoms with Crippen molar-refractivity contribution in [2.75, 3.05) is 0 Å². The zero-order chi connectivity index (χ0) is 18.6. The number of nitrogens with zero attached hydrogens (tertiary/aromatic N) is 5. The maximum atomic E-state index is 13.1. The van der Waals surface area contributed by atoms with Gasteiger partial charge >= 0.3 is 12.1 Å². The van der Waals surface area contributed by atoms with E-state index in [-0.39, 0.29) is 11.1 Å². The molecule has 0 fully saturated rings. The molecule has 11 heteroatoms. The van der Waals surface area contributed by atoms with Crippen LogP contribution in [0.3, 0.4) is 0 Å². The molecule has 0 radical (unpaired) electrons. The lowest BCUT2D eigenvalue weighted by molar-refractivity contribution is -0.145. The van der Waals surface area contributed by atoms with E-state index in [9.17, 15) is 27.5 Å². The first-order chi connectivity index (χ1) is 11.7. The first-order valence-corrected chi connectivity index (χ1v) is 6.65. The SMILES string of the molecule is [N-]=[N+]=N[C@H](C(=O)O)[C@@H](c1ccc(F)cc1)c1cnc(C(F)(F)F)nc1. The number of carboxylic acid groups (broad SMARTS) is 1. The largest absolute Gasteiger partial charge is 0.481 e. The third kappa shape index (κ3) is 4.21. The van der Waals surface area contributed by atoms with Crippen molar-refractivity contribution in [2.45, 2.75) is 18.1 Å². The number of carboxylic acids is 1. The van der Waals surface area contributed by atoms with E-state index in [1.807, 2.05) is 0 Å². The molecular formula is C14H9F4N5O2. The molecule has 1 aromatic carbocycles. The summed E-state index contributed by atoms with van der Waals surface area (Å²) < 4.78 is 50.8. The molecule has 1 N–H and O–H groups in total. The fourth-order valence-corrected chi connectivity index (χ4v) is 2.19. The molecule has 2 aromatic rings. The van der Waals surface area contributed by atoms with Gasteiger partial charge in [-0.2, -0.15) is 13.2 Å². The molecule has 25 heavy (non-hydrogen) atoms. The molecule has 130 valence electrons. The summed E-state index contributed by atoms with van der Waals surface area (Å²) >= 11 is 0. The molecule has 1 heterocycles. The minimum absolute atomic E-state index is 0.0283. The number of azide groups is 1. The quantitative estimate of drug-likeness (QED) is 0.383. The highest BCUT2D eigenvalue weighted by Gasteiger charge is 2.36. The third-order valence-electron chi connectivity index (χ3n) is 3.26. The number of carbonyl (C=O) groups is 1. The average Bonchev–Trinajstić information content (AvgIpc) is 2.55. The van der Waals surface area contributed by atoms with Gasteiger partial charge in [-0.1, -0.05) is 17.2 Å². The summed E-state index contributed by atoms with van der Waals surface area (Å²) in [6.07, 6.45) is -3.17. The summed E-state index contributed by atoms with van der Waals surface area (Å²) in [5, 5.41) is 12.5. The molecule has 0 saturated carbocycles. The van der Waals surface area contributed by atoms with E-state index in [4.69, 9.17) is 5.53 Å². The van der Waals surface area contributed by atoms with Crippen molar-refractivity contribution >= 4 is 5.97 Å². The zero-order valence-electron chi connectivity index (χ0n) is 12.2. The normalized spacial score (nSPS) is 13.6. The van der Waals surface area contributed by atoms with E-state index in [0.29, 0.717) is 0 Å². The molecule has 0 aliphatic rings. The summed E-state index contributed by atoms with van der Waals surface area (Å²) in [7, 11) is 0. The predicted octanol–water partition coefficient (Wildman–Crippen LogP) is 3.53. The van der Waals surface area contributed by atoms with E-state index >= 15 is 0 Å². The van der Waals surface area contributed by atoms with Crippen molar-refractivity contribution < 1.29 is 27.5 Å². The smallest absolute Gasteiger partial charge is 0.451 e. The molecule has 2 rings (SSSR count). The zero-order valence-corrected chi connectivity index (χ0v) is 12.2. The topological polar surface area (TPSA) is 112 Å². The van der Waals surface area contributed by atoms with E-state index in [2.05, 4.69) is 20.0 Å². The van der Waals surface area contributed by atoms with Crippen LogP contribution in [0.15, 0.2) is 41.8 Å². The fraction of sp³-hybridized carbons (Fsp3) is 0.214. The summed E-state index contributed by atoms with van der Waals surface area (Å²) in [6, 6.07) is 2.88. The summed E-state index contributed by atoms with van der Waals surface area (Å²) in [6.45, 7) is 0. The maximum absolute atomic E-state index is 13.1. The Balaban J connectivity index is 2.56. The van der Waals surface area contributed by atoms with Gasteiger partial charge in [-0.25, -0.2) is 14.4 Å². The number of hydrogen-bond acceptors (Lipinski definition) is 4. The summed E-state index contributed by atoms with van der Waals surface area (Å²) in [5.41, 5.74) is 8.76. The molecule has 0 amide bonds. The molecule has 0 spiro atoms. The molecule has 0 aliphatic heterocycles. The number of aliphatic carboxylic acids is 1. The molecular weight excluding hydrogens is 346 g/mol. The van der Waals surface area contributed by atoms with Gasteiger partial charge in [0, 0.05) is 23.2 Å². The Labute approximate surface area is 137 Å². The van der Waals surface area contributed by atoms with Crippen LogP contribution in [-0.4, -0.2) is 27.1 Å². The lowest BCUT2D eigenvalue weighted by atomic mass is 9.87. The van der Waals surface area contributed by atoms with Crippen LogP contribution in [-0.2, 0) is 11.0 Å². The first-order valence-electron chi connectivity index (χ1n) is 6.65. The fourth-order valence-electron chi connectivity index (χ4n) is 2.19. The van der Waals surface area contributed by atoms with Crippen LogP contribution in [0.4, 0.5) is 17.6 Å². The van der Waals surface area contributed by atoms with Crippen LogP contribution < -0.4 is 0 Å². The Hall–Kier alpha value is -3.20. The molecule has 0 aliphatic carbocycles. The maximum Gasteiger partial charge on any atom is 0.451 e. The summed E-state index contributed by atoms with van der Waals surface area (Å²) in [4.78, 5) is 20.2. The minimum Gasteiger partial charge on any atom is -0.481 e. The van der Waals surface area contributed by atoms with E-state index in [1.54, 1.807) is 0 Å². The van der Waals surface area contributed by atoms with Gasteiger partial charge in [0.1, 0.15) is 11.9 Å². The van der Waals surface area contributed by atoms with Crippen molar-refractivity contribution in [3.05, 3.63) is 69.9 Å². The van der Waals surface area contributed by atoms with Gasteiger partial charge < -0.3 is 5.11 Å². The molecule has 0 bridgehead atoms. The summed E-state index contributed by atoms with van der Waals surface area (Å²) in [5.74, 6) is -4.70. The van der Waals surface area contributed by atoms with Gasteiger partial charge in [-0.3, -0.25) is 4.79 Å². The van der Waals surface area contributed by atoms with Crippen molar-refractivity contribution in [1.82, 2.24) is 9.97 Å². The third-order valence-corrected chi connectivity index (χ3v) is 3.26. The van der Waals surface area contributed by atoms with Crippen molar-refractivity contribution in [2.24, 2.45) is 5.11 Å². The van der Waals surface area contributed by atoms with Crippen LogP contribution in [0.2, 0.25) is 0 Å². The Kier molecular flexibility index (Phi) is 5.18. The Morgan fingerprint density at radius 3 is 2.16 bits per heavy atom. The van der Waals surface area contributed by atoms with Crippen LogP contribution in [0.25, 0.3) is 10.4 Å². The van der Waals surface area contributed by atoms with Gasteiger partial charge in [0.25, 0.3) is 0 Å². The highest BCUT2D eigenvalue weighted by atomic mass is 19.4. The molecule has 1 aromatic heterocycles. The number of hydrogen-bond donors (Lipinski definition) is 1. The van der Waals surface area contributed by atoms with Crippen molar-refractivity contribution in [1.29, 1.82) is 0 Å². The lowest BCUT2D eigenvalue weighted by Gasteiger charge is -2.21. The van der Waals surface area contributed by atoms with Crippen molar-refractivity contribution in [3.8, 4) is 0 Å². The first kappa shape index (κ1) is 18.1. The highest BCUT2D eigenvalue weighted by molar-refractivity contribution is 5.76. The monoisotopic (exact) mass is 355 g/mol. The van der Waals surface area contributed by atoms with Crippen LogP contribution >= 0.6 is 0 Å². The second-order valence-corrected chi connectivity index (χ2v) is 4.85. The molecule has 7 nitrogen and oxygen atoms in total. The standard InChI is InChI=1S/C14H9F4N5O2/c15-9-3-1-7(2-4-9)10(11(12(24)25)22-23-19)8-5-20-13(21-6-8)14(16,17)18/h1-6,10-11H,(H,24,25)/t10-,11-/m0/s1. The Morgan fingerprint density at radius 1 is 1.16 bits per heavy atom. The van der Waals surface area contributed by atoms with E-state index < -0.39 is 35.7 Å². The van der Waals surface area contributed by atoms with Crippen LogP contribution in [0.1, 0.15) is 22.9 Å². The minimum atomic E-state index is -4.76. The lowest BCUT2D eigenvalue weighted by Crippen LogP contribution is -2.27. The van der Waals surface area contributed by atoms with E-state index in [0.717, 1.165) is 24.5 Å². The van der Waals surface area contributed by atoms with Gasteiger partial charge in [0.15, 0.2) is 0 Å². The number of halogens is 4. The van der Waals surface area contributed by atoms with Gasteiger partial charge in [-0.05, 0) is 28.8 Å². The number of benzene rings is 1. The molecule has 0 saturated heterocycles.